The van der Waals surface area contributed by atoms with Gasteiger partial charge in [0.2, 0.25) is 0 Å². The van der Waals surface area contributed by atoms with E-state index >= 15 is 0 Å². The summed E-state index contributed by atoms with van der Waals surface area (Å²) in [6.45, 7) is 4.23. The number of benzene rings is 2. The molecule has 0 atom stereocenters. The number of aromatic nitrogens is 1. The molecule has 1 heterocycles. The van der Waals surface area contributed by atoms with Gasteiger partial charge in [-0.15, -0.1) is 11.3 Å². The normalized spacial score (nSPS) is 11.0. The van der Waals surface area contributed by atoms with E-state index in [2.05, 4.69) is 24.1 Å². The Morgan fingerprint density at radius 2 is 1.96 bits per heavy atom. The number of thiazole rings is 1. The van der Waals surface area contributed by atoms with Crippen molar-refractivity contribution >= 4 is 34.5 Å². The molecule has 0 unspecified atom stereocenters. The highest BCUT2D eigenvalue weighted by Gasteiger charge is 2.14. The summed E-state index contributed by atoms with van der Waals surface area (Å²) >= 11 is 7.36. The summed E-state index contributed by atoms with van der Waals surface area (Å²) in [5.41, 5.74) is 2.62. The molecule has 0 aliphatic heterocycles. The van der Waals surface area contributed by atoms with Crippen molar-refractivity contribution < 1.29 is 9.18 Å². The molecule has 1 amide bonds. The van der Waals surface area contributed by atoms with E-state index in [1.54, 1.807) is 17.5 Å². The number of nitrogens with one attached hydrogen (secondary N) is 1. The van der Waals surface area contributed by atoms with Crippen molar-refractivity contribution in [2.75, 3.05) is 5.32 Å². The standard InChI is InChI=1S/C20H18ClFN2OS/c1-12(2)13-6-8-14(9-7-13)23-20(25)18-11-26-19(24-18)10-15-16(21)4-3-5-17(15)22/h3-9,11-12H,10H2,1-2H3,(H,23,25). The van der Waals surface area contributed by atoms with Gasteiger partial charge in [0.05, 0.1) is 5.01 Å². The number of halogens is 2. The average molecular weight is 389 g/mol. The van der Waals surface area contributed by atoms with Gasteiger partial charge in [-0.05, 0) is 35.7 Å². The third kappa shape index (κ3) is 4.29. The number of carbonyl (C=O) groups excluding carboxylic acids is 1. The summed E-state index contributed by atoms with van der Waals surface area (Å²) < 4.78 is 13.9. The van der Waals surface area contributed by atoms with E-state index in [0.717, 1.165) is 0 Å². The molecule has 0 aliphatic rings. The molecule has 0 spiro atoms. The van der Waals surface area contributed by atoms with Crippen molar-refractivity contribution in [2.45, 2.75) is 26.2 Å². The van der Waals surface area contributed by atoms with E-state index in [-0.39, 0.29) is 18.1 Å². The van der Waals surface area contributed by atoms with Crippen LogP contribution in [0.4, 0.5) is 10.1 Å². The molecule has 3 nitrogen and oxygen atoms in total. The van der Waals surface area contributed by atoms with Crippen LogP contribution in [0.5, 0.6) is 0 Å². The number of hydrogen-bond donors (Lipinski definition) is 1. The molecule has 0 saturated carbocycles. The maximum absolute atomic E-state index is 13.9. The van der Waals surface area contributed by atoms with Crippen LogP contribution in [0, 0.1) is 5.82 Å². The Hall–Kier alpha value is -2.24. The summed E-state index contributed by atoms with van der Waals surface area (Å²) in [6.07, 6.45) is 0.256. The van der Waals surface area contributed by atoms with Crippen LogP contribution in [0.15, 0.2) is 47.8 Å². The third-order valence-electron chi connectivity index (χ3n) is 4.01. The fraction of sp³-hybridized carbons (Fsp3) is 0.200. The van der Waals surface area contributed by atoms with Crippen molar-refractivity contribution in [1.29, 1.82) is 0 Å². The Morgan fingerprint density at radius 1 is 1.23 bits per heavy atom. The van der Waals surface area contributed by atoms with Crippen molar-refractivity contribution in [3.8, 4) is 0 Å². The first-order chi connectivity index (χ1) is 12.4. The molecular weight excluding hydrogens is 371 g/mol. The van der Waals surface area contributed by atoms with Gasteiger partial charge in [-0.2, -0.15) is 0 Å². The molecule has 0 fully saturated rings. The quantitative estimate of drug-likeness (QED) is 0.591. The highest BCUT2D eigenvalue weighted by atomic mass is 35.5. The van der Waals surface area contributed by atoms with Gasteiger partial charge in [-0.3, -0.25) is 4.79 Å². The highest BCUT2D eigenvalue weighted by Crippen LogP contribution is 2.24. The first-order valence-electron chi connectivity index (χ1n) is 8.22. The van der Waals surface area contributed by atoms with Crippen LogP contribution in [0.25, 0.3) is 0 Å². The lowest BCUT2D eigenvalue weighted by atomic mass is 10.0. The summed E-state index contributed by atoms with van der Waals surface area (Å²) in [7, 11) is 0. The van der Waals surface area contributed by atoms with Gasteiger partial charge in [-0.25, -0.2) is 9.37 Å². The molecule has 1 aromatic heterocycles. The molecular formula is C20H18ClFN2OS. The second-order valence-electron chi connectivity index (χ2n) is 6.23. The number of carbonyl (C=O) groups is 1. The molecule has 2 aromatic carbocycles. The maximum Gasteiger partial charge on any atom is 0.275 e. The first kappa shape index (κ1) is 18.5. The van der Waals surface area contributed by atoms with Crippen LogP contribution in [-0.4, -0.2) is 10.9 Å². The lowest BCUT2D eigenvalue weighted by Crippen LogP contribution is -2.12. The Kier molecular flexibility index (Phi) is 5.69. The SMILES string of the molecule is CC(C)c1ccc(NC(=O)c2csc(Cc3c(F)cccc3Cl)n2)cc1. The highest BCUT2D eigenvalue weighted by molar-refractivity contribution is 7.09. The van der Waals surface area contributed by atoms with Gasteiger partial charge in [0.25, 0.3) is 5.91 Å². The van der Waals surface area contributed by atoms with Crippen LogP contribution in [0.1, 0.15) is 46.4 Å². The lowest BCUT2D eigenvalue weighted by molar-refractivity contribution is 0.102. The fourth-order valence-electron chi connectivity index (χ4n) is 2.50. The van der Waals surface area contributed by atoms with E-state index in [4.69, 9.17) is 11.6 Å². The zero-order valence-electron chi connectivity index (χ0n) is 14.4. The minimum absolute atomic E-state index is 0.256. The molecule has 3 rings (SSSR count). The lowest BCUT2D eigenvalue weighted by Gasteiger charge is -2.07. The van der Waals surface area contributed by atoms with Crippen molar-refractivity contribution in [1.82, 2.24) is 4.98 Å². The molecule has 134 valence electrons. The monoisotopic (exact) mass is 388 g/mol. The van der Waals surface area contributed by atoms with Crippen LogP contribution in [0.2, 0.25) is 5.02 Å². The first-order valence-corrected chi connectivity index (χ1v) is 9.48. The average Bonchev–Trinajstić information content (AvgIpc) is 3.07. The topological polar surface area (TPSA) is 42.0 Å². The molecule has 1 N–H and O–H groups in total. The number of anilines is 1. The van der Waals surface area contributed by atoms with E-state index in [1.165, 1.54) is 23.0 Å². The maximum atomic E-state index is 13.9. The Bertz CT molecular complexity index is 902. The Balaban J connectivity index is 1.70. The van der Waals surface area contributed by atoms with E-state index < -0.39 is 0 Å². The number of amides is 1. The second kappa shape index (κ2) is 7.98. The largest absolute Gasteiger partial charge is 0.321 e. The van der Waals surface area contributed by atoms with Gasteiger partial charge in [0.15, 0.2) is 0 Å². The summed E-state index contributed by atoms with van der Waals surface area (Å²) in [6, 6.07) is 12.3. The molecule has 0 radical (unpaired) electrons. The fourth-order valence-corrected chi connectivity index (χ4v) is 3.51. The Morgan fingerprint density at radius 3 is 2.62 bits per heavy atom. The zero-order chi connectivity index (χ0) is 18.7. The van der Waals surface area contributed by atoms with Gasteiger partial charge < -0.3 is 5.32 Å². The molecule has 6 heteroatoms. The van der Waals surface area contributed by atoms with Crippen LogP contribution < -0.4 is 5.32 Å². The molecule has 3 aromatic rings. The summed E-state index contributed by atoms with van der Waals surface area (Å²) in [4.78, 5) is 16.7. The number of hydrogen-bond acceptors (Lipinski definition) is 3. The van der Waals surface area contributed by atoms with Crippen molar-refractivity contribution in [3.63, 3.8) is 0 Å². The van der Waals surface area contributed by atoms with E-state index in [0.29, 0.717) is 32.9 Å². The molecule has 0 aliphatic carbocycles. The van der Waals surface area contributed by atoms with Crippen molar-refractivity contribution in [3.05, 3.63) is 80.5 Å². The van der Waals surface area contributed by atoms with Crippen LogP contribution in [-0.2, 0) is 6.42 Å². The number of rotatable bonds is 5. The van der Waals surface area contributed by atoms with E-state index in [9.17, 15) is 9.18 Å². The third-order valence-corrected chi connectivity index (χ3v) is 5.21. The zero-order valence-corrected chi connectivity index (χ0v) is 16.0. The molecule has 0 bridgehead atoms. The minimum Gasteiger partial charge on any atom is -0.321 e. The Labute approximate surface area is 160 Å². The predicted octanol–water partition coefficient (Wildman–Crippen LogP) is 5.90. The van der Waals surface area contributed by atoms with Gasteiger partial charge >= 0.3 is 0 Å². The van der Waals surface area contributed by atoms with Gasteiger partial charge in [0, 0.05) is 28.1 Å². The van der Waals surface area contributed by atoms with Crippen LogP contribution in [0.3, 0.4) is 0 Å². The van der Waals surface area contributed by atoms with Gasteiger partial charge in [0.1, 0.15) is 11.5 Å². The van der Waals surface area contributed by atoms with Crippen molar-refractivity contribution in [2.24, 2.45) is 0 Å². The smallest absolute Gasteiger partial charge is 0.275 e. The van der Waals surface area contributed by atoms with E-state index in [1.807, 2.05) is 24.3 Å². The molecule has 0 saturated heterocycles. The minimum atomic E-state index is -0.371. The second-order valence-corrected chi connectivity index (χ2v) is 7.58. The van der Waals surface area contributed by atoms with Crippen LogP contribution >= 0.6 is 22.9 Å². The number of nitrogens with zero attached hydrogens (tertiary/aromatic N) is 1. The summed E-state index contributed by atoms with van der Waals surface area (Å²) in [5, 5.41) is 5.49. The predicted molar refractivity (Wildman–Crippen MR) is 105 cm³/mol. The molecule has 26 heavy (non-hydrogen) atoms. The van der Waals surface area contributed by atoms with Gasteiger partial charge in [-0.1, -0.05) is 43.6 Å². The summed E-state index contributed by atoms with van der Waals surface area (Å²) in [5.74, 6) is -0.223.